The summed E-state index contributed by atoms with van der Waals surface area (Å²) in [5.41, 5.74) is 1.63. The van der Waals surface area contributed by atoms with Crippen molar-refractivity contribution in [2.24, 2.45) is 0 Å². The van der Waals surface area contributed by atoms with Crippen molar-refractivity contribution in [2.45, 2.75) is 57.2 Å². The van der Waals surface area contributed by atoms with Crippen molar-refractivity contribution in [2.75, 3.05) is 5.32 Å². The molecule has 124 valence electrons. The molecule has 3 rings (SSSR count). The summed E-state index contributed by atoms with van der Waals surface area (Å²) in [6.07, 6.45) is 4.72. The summed E-state index contributed by atoms with van der Waals surface area (Å²) >= 11 is 6.07. The average Bonchev–Trinajstić information content (AvgIpc) is 2.51. The van der Waals surface area contributed by atoms with Gasteiger partial charge in [-0.3, -0.25) is 9.59 Å². The van der Waals surface area contributed by atoms with E-state index in [2.05, 4.69) is 16.0 Å². The molecule has 1 saturated heterocycles. The first-order valence-corrected chi connectivity index (χ1v) is 8.62. The van der Waals surface area contributed by atoms with Gasteiger partial charge in [0.1, 0.15) is 6.04 Å². The van der Waals surface area contributed by atoms with Crippen LogP contribution in [0, 0.1) is 6.92 Å². The smallest absolute Gasteiger partial charge is 0.279 e. The van der Waals surface area contributed by atoms with E-state index in [0.717, 1.165) is 18.4 Å². The van der Waals surface area contributed by atoms with Crippen LogP contribution in [-0.2, 0) is 9.59 Å². The summed E-state index contributed by atoms with van der Waals surface area (Å²) in [6, 6.07) is 5.76. The Kier molecular flexibility index (Phi) is 4.87. The van der Waals surface area contributed by atoms with Gasteiger partial charge in [0.15, 0.2) is 6.04 Å². The molecular weight excluding hydrogens is 314 g/mol. The van der Waals surface area contributed by atoms with E-state index in [1.807, 2.05) is 19.1 Å². The number of nitrogens with two attached hydrogens (primary N) is 1. The Morgan fingerprint density at radius 1 is 1.39 bits per heavy atom. The summed E-state index contributed by atoms with van der Waals surface area (Å²) in [5, 5.41) is 8.62. The van der Waals surface area contributed by atoms with Gasteiger partial charge < -0.3 is 16.0 Å². The Bertz CT molecular complexity index is 620. The zero-order valence-electron chi connectivity index (χ0n) is 13.3. The fraction of sp³-hybridized carbons (Fsp3) is 0.529. The third kappa shape index (κ3) is 3.85. The number of piperazine rings is 1. The van der Waals surface area contributed by atoms with E-state index in [0.29, 0.717) is 16.8 Å². The van der Waals surface area contributed by atoms with Crippen LogP contribution in [0.3, 0.4) is 0 Å². The maximum Gasteiger partial charge on any atom is 0.279 e. The number of carbonyl (C=O) groups excluding carboxylic acids is 2. The van der Waals surface area contributed by atoms with Crippen LogP contribution in [-0.4, -0.2) is 29.9 Å². The molecule has 1 aromatic rings. The molecule has 6 heteroatoms. The van der Waals surface area contributed by atoms with Gasteiger partial charge in [0.25, 0.3) is 5.91 Å². The summed E-state index contributed by atoms with van der Waals surface area (Å²) in [4.78, 5) is 24.4. The van der Waals surface area contributed by atoms with Gasteiger partial charge >= 0.3 is 0 Å². The van der Waals surface area contributed by atoms with Gasteiger partial charge in [0.05, 0.1) is 12.5 Å². The summed E-state index contributed by atoms with van der Waals surface area (Å²) in [7, 11) is 0. The number of halogens is 1. The van der Waals surface area contributed by atoms with E-state index in [1.165, 1.54) is 12.8 Å². The number of aryl methyl sites for hydroxylation is 1. The number of anilines is 1. The molecule has 2 aliphatic rings. The zero-order valence-corrected chi connectivity index (χ0v) is 14.0. The van der Waals surface area contributed by atoms with Crippen molar-refractivity contribution in [3.63, 3.8) is 0 Å². The fourth-order valence-electron chi connectivity index (χ4n) is 3.49. The molecule has 1 aliphatic heterocycles. The van der Waals surface area contributed by atoms with Crippen LogP contribution in [0.4, 0.5) is 5.69 Å². The minimum atomic E-state index is -0.338. The van der Waals surface area contributed by atoms with Gasteiger partial charge in [-0.1, -0.05) is 24.1 Å². The molecule has 0 bridgehead atoms. The highest BCUT2D eigenvalue weighted by molar-refractivity contribution is 6.31. The topological polar surface area (TPSA) is 74.8 Å². The summed E-state index contributed by atoms with van der Waals surface area (Å²) in [5.74, 6) is -0.180. The number of quaternary nitrogens is 1. The van der Waals surface area contributed by atoms with Gasteiger partial charge in [-0.25, -0.2) is 0 Å². The van der Waals surface area contributed by atoms with Crippen LogP contribution in [0.2, 0.25) is 5.02 Å². The lowest BCUT2D eigenvalue weighted by Crippen LogP contribution is -3.03. The molecule has 5 nitrogen and oxygen atoms in total. The number of nitrogens with one attached hydrogen (secondary N) is 2. The maximum absolute atomic E-state index is 12.2. The molecule has 1 aliphatic carbocycles. The van der Waals surface area contributed by atoms with Crippen LogP contribution in [0.25, 0.3) is 0 Å². The van der Waals surface area contributed by atoms with E-state index < -0.39 is 0 Å². The second-order valence-electron chi connectivity index (χ2n) is 6.58. The Morgan fingerprint density at radius 3 is 2.96 bits per heavy atom. The molecule has 0 unspecified atom stereocenters. The number of carbonyl (C=O) groups is 2. The van der Waals surface area contributed by atoms with E-state index >= 15 is 0 Å². The predicted octanol–water partition coefficient (Wildman–Crippen LogP) is 1.35. The largest absolute Gasteiger partial charge is 0.342 e. The number of rotatable bonds is 3. The molecule has 2 fully saturated rings. The number of hydrogen-bond acceptors (Lipinski definition) is 2. The quantitative estimate of drug-likeness (QED) is 0.779. The van der Waals surface area contributed by atoms with E-state index in [1.54, 1.807) is 6.07 Å². The normalized spacial score (nSPS) is 27.0. The molecule has 2 amide bonds. The molecule has 0 radical (unpaired) electrons. The highest BCUT2D eigenvalue weighted by Gasteiger charge is 2.40. The number of benzene rings is 1. The molecule has 1 saturated carbocycles. The molecule has 4 N–H and O–H groups in total. The molecule has 0 aromatic heterocycles. The zero-order chi connectivity index (χ0) is 16.4. The molecule has 3 atom stereocenters. The maximum atomic E-state index is 12.2. The monoisotopic (exact) mass is 336 g/mol. The van der Waals surface area contributed by atoms with Crippen LogP contribution >= 0.6 is 11.6 Å². The lowest BCUT2D eigenvalue weighted by atomic mass is 9.87. The highest BCUT2D eigenvalue weighted by Crippen LogP contribution is 2.21. The first-order valence-electron chi connectivity index (χ1n) is 8.24. The number of hydrogen-bond donors (Lipinski definition) is 3. The van der Waals surface area contributed by atoms with Gasteiger partial charge in [-0.05, 0) is 37.5 Å². The first-order chi connectivity index (χ1) is 11.0. The van der Waals surface area contributed by atoms with Crippen molar-refractivity contribution in [3.8, 4) is 0 Å². The van der Waals surface area contributed by atoms with Crippen molar-refractivity contribution in [1.82, 2.24) is 5.32 Å². The number of fused-ring (bicyclic) bond motifs is 1. The SMILES string of the molecule is Cc1ccc(NC(=O)C[C@H]2[NH2+][C@H]3CCCC[C@H]3NC2=O)cc1Cl. The molecule has 1 aromatic carbocycles. The van der Waals surface area contributed by atoms with Crippen LogP contribution in [0.1, 0.15) is 37.7 Å². The Labute approximate surface area is 141 Å². The third-order valence-corrected chi connectivity index (χ3v) is 5.23. The molecular formula is C17H23ClN3O2+. The molecule has 23 heavy (non-hydrogen) atoms. The minimum Gasteiger partial charge on any atom is -0.342 e. The average molecular weight is 337 g/mol. The van der Waals surface area contributed by atoms with Gasteiger partial charge in [0, 0.05) is 17.1 Å². The van der Waals surface area contributed by atoms with Gasteiger partial charge in [0.2, 0.25) is 5.91 Å². The molecule has 1 heterocycles. The van der Waals surface area contributed by atoms with E-state index in [4.69, 9.17) is 11.6 Å². The van der Waals surface area contributed by atoms with Crippen LogP contribution in [0.15, 0.2) is 18.2 Å². The number of amides is 2. The second kappa shape index (κ2) is 6.89. The van der Waals surface area contributed by atoms with Gasteiger partial charge in [-0.15, -0.1) is 0 Å². The second-order valence-corrected chi connectivity index (χ2v) is 6.99. The Balaban J connectivity index is 1.58. The highest BCUT2D eigenvalue weighted by atomic mass is 35.5. The van der Waals surface area contributed by atoms with Crippen LogP contribution < -0.4 is 16.0 Å². The molecule has 0 spiro atoms. The summed E-state index contributed by atoms with van der Waals surface area (Å²) in [6.45, 7) is 1.91. The fourth-order valence-corrected chi connectivity index (χ4v) is 3.67. The van der Waals surface area contributed by atoms with Crippen molar-refractivity contribution >= 4 is 29.1 Å². The van der Waals surface area contributed by atoms with Crippen molar-refractivity contribution in [3.05, 3.63) is 28.8 Å². The standard InChI is InChI=1S/C17H22ClN3O2/c1-10-6-7-11(8-12(10)18)19-16(22)9-15-17(23)21-14-5-3-2-4-13(14)20-15/h6-8,13-15,20H,2-5,9H2,1H3,(H,19,22)(H,21,23)/p+1/t13-,14+,15+/m0/s1. The lowest BCUT2D eigenvalue weighted by Gasteiger charge is -2.37. The van der Waals surface area contributed by atoms with Crippen molar-refractivity contribution < 1.29 is 14.9 Å². The lowest BCUT2D eigenvalue weighted by molar-refractivity contribution is -0.718. The Morgan fingerprint density at radius 2 is 2.17 bits per heavy atom. The van der Waals surface area contributed by atoms with Crippen LogP contribution in [0.5, 0.6) is 0 Å². The van der Waals surface area contributed by atoms with E-state index in [9.17, 15) is 9.59 Å². The minimum absolute atomic E-state index is 0.0229. The van der Waals surface area contributed by atoms with Gasteiger partial charge in [-0.2, -0.15) is 0 Å². The van der Waals surface area contributed by atoms with Crippen molar-refractivity contribution in [1.29, 1.82) is 0 Å². The van der Waals surface area contributed by atoms with E-state index in [-0.39, 0.29) is 30.3 Å². The third-order valence-electron chi connectivity index (χ3n) is 4.82. The first kappa shape index (κ1) is 16.3. The predicted molar refractivity (Wildman–Crippen MR) is 89.3 cm³/mol. The summed E-state index contributed by atoms with van der Waals surface area (Å²) < 4.78 is 0. The Hall–Kier alpha value is -1.59.